The van der Waals surface area contributed by atoms with E-state index in [1.165, 1.54) is 5.56 Å². The zero-order valence-corrected chi connectivity index (χ0v) is 21.4. The molecule has 188 valence electrons. The highest BCUT2D eigenvalue weighted by Gasteiger charge is 2.31. The van der Waals surface area contributed by atoms with Gasteiger partial charge in [0.2, 0.25) is 11.8 Å². The van der Waals surface area contributed by atoms with Gasteiger partial charge in [-0.25, -0.2) is 18.1 Å². The maximum Gasteiger partial charge on any atom is 0.264 e. The molecule has 2 aliphatic rings. The molecule has 3 aromatic carbocycles. The molecule has 2 atom stereocenters. The number of nitrogens with zero attached hydrogens (tertiary/aromatic N) is 2. The van der Waals surface area contributed by atoms with E-state index in [0.29, 0.717) is 23.7 Å². The molecule has 0 saturated heterocycles. The van der Waals surface area contributed by atoms with Crippen LogP contribution in [0, 0.1) is 0 Å². The minimum Gasteiger partial charge on any atom is -0.491 e. The van der Waals surface area contributed by atoms with E-state index in [2.05, 4.69) is 26.8 Å². The molecular formula is C29H27N3O4S. The predicted octanol–water partition coefficient (Wildman–Crippen LogP) is 5.90. The molecule has 2 unspecified atom stereocenters. The molecule has 1 N–H and O–H groups in total. The molecule has 6 rings (SSSR count). The molecule has 0 amide bonds. The van der Waals surface area contributed by atoms with Crippen LogP contribution >= 0.6 is 0 Å². The first-order valence-corrected chi connectivity index (χ1v) is 13.9. The molecule has 0 fully saturated rings. The van der Waals surface area contributed by atoms with Crippen LogP contribution < -0.4 is 14.2 Å². The third-order valence-corrected chi connectivity index (χ3v) is 8.03. The van der Waals surface area contributed by atoms with Crippen LogP contribution in [0.15, 0.2) is 83.8 Å². The number of aromatic nitrogens is 2. The van der Waals surface area contributed by atoms with Crippen molar-refractivity contribution in [1.29, 1.82) is 0 Å². The molecular weight excluding hydrogens is 486 g/mol. The zero-order chi connectivity index (χ0) is 25.6. The Morgan fingerprint density at radius 3 is 2.68 bits per heavy atom. The Balaban J connectivity index is 1.51. The number of sulfonamides is 1. The van der Waals surface area contributed by atoms with Crippen molar-refractivity contribution in [2.24, 2.45) is 0 Å². The van der Waals surface area contributed by atoms with Crippen molar-refractivity contribution in [3.8, 4) is 22.9 Å². The number of hydrogen-bond acceptors (Lipinski definition) is 6. The van der Waals surface area contributed by atoms with Gasteiger partial charge in [0.15, 0.2) is 0 Å². The molecule has 1 aliphatic carbocycles. The van der Waals surface area contributed by atoms with Crippen LogP contribution in [0.4, 0.5) is 5.95 Å². The van der Waals surface area contributed by atoms with Crippen molar-refractivity contribution < 1.29 is 17.9 Å². The number of rotatable bonds is 3. The maximum atomic E-state index is 13.3. The summed E-state index contributed by atoms with van der Waals surface area (Å²) in [7, 11) is -3.91. The minimum absolute atomic E-state index is 0.0162. The Morgan fingerprint density at radius 2 is 1.81 bits per heavy atom. The van der Waals surface area contributed by atoms with Gasteiger partial charge in [-0.3, -0.25) is 0 Å². The Kier molecular flexibility index (Phi) is 5.83. The van der Waals surface area contributed by atoms with Gasteiger partial charge in [0, 0.05) is 11.6 Å². The van der Waals surface area contributed by atoms with Gasteiger partial charge < -0.3 is 9.47 Å². The SMILES string of the molecule is CC(C)Oc1cccc(-c2cc3nc(n2)NS(=O)(=O)c2cccc(c2)C2Cc4ccccc4C(C2)O3)c1. The standard InChI is InChI=1S/C29H27N3O4S/c1-18(2)35-23-10-5-9-21(14-23)26-17-28-31-29(30-26)32-37(33,34)24-11-6-8-19(15-24)22-13-20-7-3-4-12-25(20)27(16-22)36-28/h3-12,14-15,17-18,22,27H,13,16H2,1-2H3,(H,30,31,32). The Morgan fingerprint density at radius 1 is 0.973 bits per heavy atom. The van der Waals surface area contributed by atoms with E-state index < -0.39 is 10.0 Å². The molecule has 0 spiro atoms. The minimum atomic E-state index is -3.91. The van der Waals surface area contributed by atoms with Crippen molar-refractivity contribution in [3.63, 3.8) is 0 Å². The van der Waals surface area contributed by atoms with E-state index in [4.69, 9.17) is 9.47 Å². The van der Waals surface area contributed by atoms with Crippen LogP contribution in [0.1, 0.15) is 49.0 Å². The summed E-state index contributed by atoms with van der Waals surface area (Å²) in [5.74, 6) is 1.07. The van der Waals surface area contributed by atoms with Crippen LogP contribution in [0.2, 0.25) is 0 Å². The van der Waals surface area contributed by atoms with Gasteiger partial charge in [-0.15, -0.1) is 0 Å². The first-order valence-electron chi connectivity index (χ1n) is 12.4. The van der Waals surface area contributed by atoms with Crippen molar-refractivity contribution in [1.82, 2.24) is 9.97 Å². The third-order valence-electron chi connectivity index (χ3n) is 6.70. The fourth-order valence-electron chi connectivity index (χ4n) is 5.07. The van der Waals surface area contributed by atoms with Crippen molar-refractivity contribution >= 4 is 16.0 Å². The lowest BCUT2D eigenvalue weighted by Gasteiger charge is -2.32. The second kappa shape index (κ2) is 9.19. The van der Waals surface area contributed by atoms with E-state index >= 15 is 0 Å². The van der Waals surface area contributed by atoms with Crippen molar-refractivity contribution in [3.05, 3.63) is 95.6 Å². The topological polar surface area (TPSA) is 90.4 Å². The quantitative estimate of drug-likeness (QED) is 0.367. The average molecular weight is 514 g/mol. The molecule has 1 aliphatic heterocycles. The molecule has 8 heteroatoms. The molecule has 0 radical (unpaired) electrons. The summed E-state index contributed by atoms with van der Waals surface area (Å²) in [5, 5.41) is 0. The lowest BCUT2D eigenvalue weighted by atomic mass is 9.78. The fraction of sp³-hybridized carbons (Fsp3) is 0.241. The first-order chi connectivity index (χ1) is 17.8. The summed E-state index contributed by atoms with van der Waals surface area (Å²) in [4.78, 5) is 9.19. The average Bonchev–Trinajstić information content (AvgIpc) is 2.88. The summed E-state index contributed by atoms with van der Waals surface area (Å²) >= 11 is 0. The van der Waals surface area contributed by atoms with Crippen LogP contribution in [0.5, 0.6) is 11.6 Å². The van der Waals surface area contributed by atoms with Gasteiger partial charge in [0.1, 0.15) is 11.9 Å². The smallest absolute Gasteiger partial charge is 0.264 e. The van der Waals surface area contributed by atoms with Crippen LogP contribution in [-0.4, -0.2) is 24.5 Å². The predicted molar refractivity (Wildman–Crippen MR) is 141 cm³/mol. The third kappa shape index (κ3) is 4.76. The summed E-state index contributed by atoms with van der Waals surface area (Å²) in [5.41, 5.74) is 4.59. The highest BCUT2D eigenvalue weighted by Crippen LogP contribution is 2.42. The largest absolute Gasteiger partial charge is 0.491 e. The molecule has 7 nitrogen and oxygen atoms in total. The number of anilines is 1. The summed E-state index contributed by atoms with van der Waals surface area (Å²) in [6.07, 6.45) is 1.30. The highest BCUT2D eigenvalue weighted by atomic mass is 32.2. The first kappa shape index (κ1) is 23.5. The van der Waals surface area contributed by atoms with Gasteiger partial charge in [-0.2, -0.15) is 4.98 Å². The van der Waals surface area contributed by atoms with Crippen molar-refractivity contribution in [2.75, 3.05) is 4.72 Å². The number of nitrogens with one attached hydrogen (secondary N) is 1. The maximum absolute atomic E-state index is 13.3. The van der Waals surface area contributed by atoms with Gasteiger partial charge >= 0.3 is 0 Å². The highest BCUT2D eigenvalue weighted by molar-refractivity contribution is 7.92. The normalized spacial score (nSPS) is 19.4. The number of hydrogen-bond donors (Lipinski definition) is 1. The van der Waals surface area contributed by atoms with Crippen LogP contribution in [-0.2, 0) is 16.4 Å². The van der Waals surface area contributed by atoms with Crippen LogP contribution in [0.25, 0.3) is 11.3 Å². The van der Waals surface area contributed by atoms with E-state index in [-0.39, 0.29) is 29.0 Å². The fourth-order valence-corrected chi connectivity index (χ4v) is 6.07. The van der Waals surface area contributed by atoms with E-state index in [1.807, 2.05) is 56.3 Å². The second-order valence-corrected chi connectivity index (χ2v) is 11.4. The Labute approximate surface area is 216 Å². The van der Waals surface area contributed by atoms with Gasteiger partial charge in [-0.1, -0.05) is 48.5 Å². The second-order valence-electron chi connectivity index (χ2n) is 9.73. The Hall–Kier alpha value is -3.91. The molecule has 0 saturated carbocycles. The Bertz CT molecular complexity index is 1590. The number of benzene rings is 3. The van der Waals surface area contributed by atoms with Gasteiger partial charge in [0.25, 0.3) is 10.0 Å². The number of ether oxygens (including phenoxy) is 2. The molecule has 4 aromatic rings. The molecule has 37 heavy (non-hydrogen) atoms. The lowest BCUT2D eigenvalue weighted by molar-refractivity contribution is 0.166. The van der Waals surface area contributed by atoms with Gasteiger partial charge in [-0.05, 0) is 73.6 Å². The van der Waals surface area contributed by atoms with E-state index in [9.17, 15) is 8.42 Å². The molecule has 1 aromatic heterocycles. The molecule has 6 bridgehead atoms. The van der Waals surface area contributed by atoms with Gasteiger partial charge in [0.05, 0.1) is 16.7 Å². The zero-order valence-electron chi connectivity index (χ0n) is 20.6. The molecule has 2 heterocycles. The summed E-state index contributed by atoms with van der Waals surface area (Å²) in [6.45, 7) is 3.93. The van der Waals surface area contributed by atoms with Crippen LogP contribution in [0.3, 0.4) is 0 Å². The monoisotopic (exact) mass is 513 g/mol. The summed E-state index contributed by atoms with van der Waals surface area (Å²) < 4.78 is 41.6. The van der Waals surface area contributed by atoms with Crippen molar-refractivity contribution in [2.45, 2.75) is 49.7 Å². The lowest BCUT2D eigenvalue weighted by Crippen LogP contribution is -2.23. The van der Waals surface area contributed by atoms with E-state index in [0.717, 1.165) is 23.1 Å². The number of fused-ring (bicyclic) bond motifs is 9. The van der Waals surface area contributed by atoms with E-state index in [1.54, 1.807) is 24.3 Å². The summed E-state index contributed by atoms with van der Waals surface area (Å²) in [6, 6.07) is 24.7.